The van der Waals surface area contributed by atoms with Gasteiger partial charge in [-0.05, 0) is 24.3 Å². The molecule has 2 rings (SSSR count). The van der Waals surface area contributed by atoms with Crippen molar-refractivity contribution < 1.29 is 18.0 Å². The van der Waals surface area contributed by atoms with E-state index < -0.39 is 17.5 Å². The third-order valence-corrected chi connectivity index (χ3v) is 2.72. The molecule has 7 heteroatoms. The highest BCUT2D eigenvalue weighted by molar-refractivity contribution is 7.82. The van der Waals surface area contributed by atoms with Crippen LogP contribution in [0.2, 0.25) is 0 Å². The number of rotatable bonds is 3. The van der Waals surface area contributed by atoms with Crippen LogP contribution in [-0.4, -0.2) is 10.9 Å². The third-order valence-electron chi connectivity index (χ3n) is 2.39. The number of thiocarbonyl (C=S) groups is 1. The molecular formula is C13H10F2N2O2S. The van der Waals surface area contributed by atoms with Crippen molar-refractivity contribution in [3.05, 3.63) is 54.0 Å². The second-order valence-corrected chi connectivity index (χ2v) is 4.25. The number of carbonyl (C=O) groups excluding carboxylic acids is 1. The first-order chi connectivity index (χ1) is 9.56. The van der Waals surface area contributed by atoms with Gasteiger partial charge in [0.15, 0.2) is 4.99 Å². The fraction of sp³-hybridized carbons (Fsp3) is 0.0769. The number of halogens is 2. The topological polar surface area (TPSA) is 54.3 Å². The molecule has 0 radical (unpaired) electrons. The summed E-state index contributed by atoms with van der Waals surface area (Å²) in [5.74, 6) is -1.67. The summed E-state index contributed by atoms with van der Waals surface area (Å²) in [6.07, 6.45) is 1.49. The standard InChI is InChI=1S/C13H10F2N2O2S/c14-8-3-4-11(10(15)6-8)17-12(18)13(20)16-7-9-2-1-5-19-9/h1-6H,7H2,(H,16,20)(H,17,18). The Morgan fingerprint density at radius 3 is 2.75 bits per heavy atom. The number of carbonyl (C=O) groups is 1. The smallest absolute Gasteiger partial charge is 0.283 e. The van der Waals surface area contributed by atoms with E-state index in [0.717, 1.165) is 12.1 Å². The Hall–Kier alpha value is -2.28. The van der Waals surface area contributed by atoms with Crippen LogP contribution in [-0.2, 0) is 11.3 Å². The van der Waals surface area contributed by atoms with Crippen molar-refractivity contribution in [1.82, 2.24) is 5.32 Å². The van der Waals surface area contributed by atoms with Crippen LogP contribution in [0.4, 0.5) is 14.5 Å². The van der Waals surface area contributed by atoms with E-state index in [-0.39, 0.29) is 17.2 Å². The molecule has 20 heavy (non-hydrogen) atoms. The molecule has 1 aromatic carbocycles. The van der Waals surface area contributed by atoms with Gasteiger partial charge in [-0.15, -0.1) is 0 Å². The SMILES string of the molecule is O=C(Nc1ccc(F)cc1F)C(=S)NCc1ccco1. The van der Waals surface area contributed by atoms with Gasteiger partial charge in [0.1, 0.15) is 17.4 Å². The Bertz CT molecular complexity index is 629. The minimum Gasteiger partial charge on any atom is -0.467 e. The molecule has 0 fully saturated rings. The first-order valence-corrected chi connectivity index (χ1v) is 6.03. The van der Waals surface area contributed by atoms with E-state index >= 15 is 0 Å². The lowest BCUT2D eigenvalue weighted by Crippen LogP contribution is -2.33. The van der Waals surface area contributed by atoms with Crippen molar-refractivity contribution in [2.24, 2.45) is 0 Å². The Kier molecular flexibility index (Phi) is 4.41. The first kappa shape index (κ1) is 14.1. The van der Waals surface area contributed by atoms with E-state index in [1.54, 1.807) is 12.1 Å². The summed E-state index contributed by atoms with van der Waals surface area (Å²) in [5.41, 5.74) is -0.140. The van der Waals surface area contributed by atoms with Crippen LogP contribution in [0.25, 0.3) is 0 Å². The molecule has 0 spiro atoms. The van der Waals surface area contributed by atoms with E-state index in [4.69, 9.17) is 16.6 Å². The molecule has 0 unspecified atom stereocenters. The molecule has 0 bridgehead atoms. The molecule has 0 aliphatic carbocycles. The van der Waals surface area contributed by atoms with Gasteiger partial charge < -0.3 is 15.1 Å². The Morgan fingerprint density at radius 2 is 2.10 bits per heavy atom. The van der Waals surface area contributed by atoms with Gasteiger partial charge in [-0.3, -0.25) is 4.79 Å². The summed E-state index contributed by atoms with van der Waals surface area (Å²) in [6.45, 7) is 0.241. The maximum Gasteiger partial charge on any atom is 0.283 e. The van der Waals surface area contributed by atoms with Crippen LogP contribution in [0, 0.1) is 11.6 Å². The van der Waals surface area contributed by atoms with Gasteiger partial charge in [0.25, 0.3) is 5.91 Å². The van der Waals surface area contributed by atoms with Gasteiger partial charge in [-0.25, -0.2) is 8.78 Å². The van der Waals surface area contributed by atoms with Crippen LogP contribution >= 0.6 is 12.2 Å². The second-order valence-electron chi connectivity index (χ2n) is 3.84. The van der Waals surface area contributed by atoms with E-state index in [9.17, 15) is 13.6 Å². The number of hydrogen-bond donors (Lipinski definition) is 2. The fourth-order valence-electron chi connectivity index (χ4n) is 1.43. The van der Waals surface area contributed by atoms with Crippen molar-refractivity contribution in [3.63, 3.8) is 0 Å². The lowest BCUT2D eigenvalue weighted by Gasteiger charge is -2.08. The normalized spacial score (nSPS) is 10.1. The minimum absolute atomic E-state index is 0.120. The predicted molar refractivity (Wildman–Crippen MR) is 73.1 cm³/mol. The molecule has 4 nitrogen and oxygen atoms in total. The summed E-state index contributed by atoms with van der Waals surface area (Å²) >= 11 is 4.86. The fourth-order valence-corrected chi connectivity index (χ4v) is 1.55. The monoisotopic (exact) mass is 296 g/mol. The highest BCUT2D eigenvalue weighted by Gasteiger charge is 2.12. The maximum atomic E-state index is 13.3. The van der Waals surface area contributed by atoms with Gasteiger partial charge in [0, 0.05) is 6.07 Å². The van der Waals surface area contributed by atoms with Crippen LogP contribution in [0.3, 0.4) is 0 Å². The number of hydrogen-bond acceptors (Lipinski definition) is 3. The van der Waals surface area contributed by atoms with E-state index in [2.05, 4.69) is 10.6 Å². The minimum atomic E-state index is -0.868. The quantitative estimate of drug-likeness (QED) is 0.855. The van der Waals surface area contributed by atoms with Crippen molar-refractivity contribution in [1.29, 1.82) is 0 Å². The van der Waals surface area contributed by atoms with E-state index in [1.807, 2.05) is 0 Å². The average molecular weight is 296 g/mol. The van der Waals surface area contributed by atoms with Crippen molar-refractivity contribution in [3.8, 4) is 0 Å². The molecule has 1 amide bonds. The van der Waals surface area contributed by atoms with Gasteiger partial charge in [-0.2, -0.15) is 0 Å². The lowest BCUT2D eigenvalue weighted by atomic mass is 10.3. The average Bonchev–Trinajstić information content (AvgIpc) is 2.92. The molecule has 0 aliphatic rings. The van der Waals surface area contributed by atoms with Gasteiger partial charge in [-0.1, -0.05) is 12.2 Å². The molecule has 104 valence electrons. The van der Waals surface area contributed by atoms with E-state index in [0.29, 0.717) is 11.8 Å². The van der Waals surface area contributed by atoms with E-state index in [1.165, 1.54) is 6.26 Å². The van der Waals surface area contributed by atoms with Crippen molar-refractivity contribution in [2.75, 3.05) is 5.32 Å². The van der Waals surface area contributed by atoms with Crippen LogP contribution in [0.5, 0.6) is 0 Å². The third kappa shape index (κ3) is 3.61. The zero-order chi connectivity index (χ0) is 14.5. The lowest BCUT2D eigenvalue weighted by molar-refractivity contribution is -0.110. The molecular weight excluding hydrogens is 286 g/mol. The number of furan rings is 1. The van der Waals surface area contributed by atoms with Crippen LogP contribution in [0.15, 0.2) is 41.0 Å². The summed E-state index contributed by atoms with van der Waals surface area (Å²) in [4.78, 5) is 11.6. The summed E-state index contributed by atoms with van der Waals surface area (Å²) in [6, 6.07) is 6.26. The number of amides is 1. The highest BCUT2D eigenvalue weighted by atomic mass is 32.1. The zero-order valence-corrected chi connectivity index (χ0v) is 11.0. The summed E-state index contributed by atoms with van der Waals surface area (Å²) in [5, 5.41) is 4.92. The van der Waals surface area contributed by atoms with Gasteiger partial charge >= 0.3 is 0 Å². The van der Waals surface area contributed by atoms with Crippen molar-refractivity contribution >= 4 is 28.8 Å². The molecule has 0 saturated heterocycles. The van der Waals surface area contributed by atoms with Crippen LogP contribution in [0.1, 0.15) is 5.76 Å². The summed E-state index contributed by atoms with van der Waals surface area (Å²) in [7, 11) is 0. The van der Waals surface area contributed by atoms with Crippen molar-refractivity contribution in [2.45, 2.75) is 6.54 Å². The second kappa shape index (κ2) is 6.25. The molecule has 0 saturated carbocycles. The van der Waals surface area contributed by atoms with Crippen LogP contribution < -0.4 is 10.6 Å². The van der Waals surface area contributed by atoms with Gasteiger partial charge in [0.05, 0.1) is 18.5 Å². The Balaban J connectivity index is 1.92. The maximum absolute atomic E-state index is 13.3. The predicted octanol–water partition coefficient (Wildman–Crippen LogP) is 2.61. The Morgan fingerprint density at radius 1 is 1.30 bits per heavy atom. The molecule has 0 atom stereocenters. The zero-order valence-electron chi connectivity index (χ0n) is 10.2. The molecule has 2 N–H and O–H groups in total. The molecule has 2 aromatic rings. The largest absolute Gasteiger partial charge is 0.467 e. The number of benzene rings is 1. The molecule has 1 heterocycles. The highest BCUT2D eigenvalue weighted by Crippen LogP contribution is 2.14. The Labute approximate surface area is 118 Å². The number of nitrogens with one attached hydrogen (secondary N) is 2. The molecule has 1 aromatic heterocycles. The van der Waals surface area contributed by atoms with Gasteiger partial charge in [0.2, 0.25) is 0 Å². The number of anilines is 1. The first-order valence-electron chi connectivity index (χ1n) is 5.63. The summed E-state index contributed by atoms with van der Waals surface area (Å²) < 4.78 is 31.1. The molecule has 0 aliphatic heterocycles.